The highest BCUT2D eigenvalue weighted by molar-refractivity contribution is 7.26. The number of thiophene rings is 1. The van der Waals surface area contributed by atoms with E-state index in [1.54, 1.807) is 50.5 Å². The van der Waals surface area contributed by atoms with E-state index in [4.69, 9.17) is 0 Å². The van der Waals surface area contributed by atoms with Crippen molar-refractivity contribution in [2.45, 2.75) is 89.4 Å². The van der Waals surface area contributed by atoms with E-state index in [1.165, 1.54) is 80.6 Å². The molecule has 0 N–H and O–H groups in total. The Morgan fingerprint density at radius 3 is 1.94 bits per heavy atom. The summed E-state index contributed by atoms with van der Waals surface area (Å²) >= 11 is 1.99. The van der Waals surface area contributed by atoms with Crippen molar-refractivity contribution in [2.75, 3.05) is 0 Å². The monoisotopic (exact) mass is 634 g/mol. The first-order chi connectivity index (χ1) is 23.3. The first-order valence-corrected chi connectivity index (χ1v) is 20.6. The molecule has 0 aliphatic heterocycles. The minimum absolute atomic E-state index is 0.740. The third kappa shape index (κ3) is 4.17. The molecule has 1 aromatic heterocycles. The van der Waals surface area contributed by atoms with Crippen LogP contribution in [0.3, 0.4) is 0 Å². The van der Waals surface area contributed by atoms with Crippen LogP contribution in [0.5, 0.6) is 0 Å². The molecule has 0 amide bonds. The van der Waals surface area contributed by atoms with Crippen LogP contribution in [-0.4, -0.2) is 0 Å². The van der Waals surface area contributed by atoms with Crippen LogP contribution < -0.4 is 0 Å². The number of hydrogen-bond acceptors (Lipinski definition) is 1. The Kier molecular flexibility index (Phi) is 6.57. The van der Waals surface area contributed by atoms with Crippen molar-refractivity contribution in [2.24, 2.45) is 59.2 Å². The molecule has 1 heteroatoms. The van der Waals surface area contributed by atoms with Crippen LogP contribution >= 0.6 is 11.3 Å². The lowest BCUT2D eigenvalue weighted by molar-refractivity contribution is -0.188. The van der Waals surface area contributed by atoms with Gasteiger partial charge in [-0.25, -0.2) is 0 Å². The molecule has 1 heterocycles. The van der Waals surface area contributed by atoms with Gasteiger partial charge in [0, 0.05) is 20.2 Å². The van der Waals surface area contributed by atoms with Crippen molar-refractivity contribution in [3.05, 3.63) is 84.4 Å². The molecule has 0 nitrogen and oxygen atoms in total. The van der Waals surface area contributed by atoms with E-state index >= 15 is 0 Å². The smallest absolute Gasteiger partial charge is 0.0434 e. The highest BCUT2D eigenvalue weighted by Gasteiger charge is 2.62. The third-order valence-electron chi connectivity index (χ3n) is 15.7. The fraction of sp³-hybridized carbons (Fsp3) is 0.522. The van der Waals surface area contributed by atoms with Crippen LogP contribution in [0.15, 0.2) is 78.9 Å². The minimum atomic E-state index is 0.740. The molecule has 11 unspecified atom stereocenters. The van der Waals surface area contributed by atoms with Gasteiger partial charge < -0.3 is 0 Å². The molecule has 11 atom stereocenters. The maximum absolute atomic E-state index is 2.63. The zero-order valence-electron chi connectivity index (χ0n) is 28.0. The van der Waals surface area contributed by atoms with Crippen LogP contribution in [-0.2, 0) is 0 Å². The number of rotatable bonds is 2. The van der Waals surface area contributed by atoms with Gasteiger partial charge in [0.25, 0.3) is 0 Å². The zero-order chi connectivity index (χ0) is 30.6. The Morgan fingerprint density at radius 1 is 0.489 bits per heavy atom. The van der Waals surface area contributed by atoms with Gasteiger partial charge in [-0.3, -0.25) is 0 Å². The Labute approximate surface area is 285 Å². The van der Waals surface area contributed by atoms with Gasteiger partial charge in [0.05, 0.1) is 0 Å². The first-order valence-electron chi connectivity index (χ1n) is 19.7. The number of hydrogen-bond donors (Lipinski definition) is 0. The molecule has 11 rings (SSSR count). The topological polar surface area (TPSA) is 0 Å². The Bertz CT molecular complexity index is 1980. The van der Waals surface area contributed by atoms with E-state index in [-0.39, 0.29) is 0 Å². The summed E-state index contributed by atoms with van der Waals surface area (Å²) in [7, 11) is 0. The lowest BCUT2D eigenvalue weighted by Gasteiger charge is -2.67. The van der Waals surface area contributed by atoms with E-state index in [0.717, 1.165) is 65.1 Å². The molecule has 4 aromatic carbocycles. The predicted octanol–water partition coefficient (Wildman–Crippen LogP) is 13.3. The average molecular weight is 635 g/mol. The Morgan fingerprint density at radius 2 is 1.15 bits per heavy atom. The van der Waals surface area contributed by atoms with Crippen LogP contribution in [0.1, 0.15) is 95.0 Å². The molecule has 0 spiro atoms. The number of fused-ring (bicyclic) bond motifs is 11. The fourth-order valence-electron chi connectivity index (χ4n) is 14.3. The normalized spacial score (nSPS) is 37.7. The van der Waals surface area contributed by atoms with Gasteiger partial charge in [-0.05, 0) is 156 Å². The van der Waals surface area contributed by atoms with Crippen LogP contribution in [0, 0.1) is 59.2 Å². The lowest BCUT2D eigenvalue weighted by atomic mass is 9.37. The first kappa shape index (κ1) is 28.2. The van der Waals surface area contributed by atoms with E-state index in [0.29, 0.717) is 0 Å². The highest BCUT2D eigenvalue weighted by atomic mass is 32.1. The van der Waals surface area contributed by atoms with Crippen molar-refractivity contribution < 1.29 is 0 Å². The summed E-state index contributed by atoms with van der Waals surface area (Å²) in [5.41, 5.74) is 4.49. The van der Waals surface area contributed by atoms with Crippen LogP contribution in [0.25, 0.3) is 42.1 Å². The molecule has 6 fully saturated rings. The second-order valence-electron chi connectivity index (χ2n) is 17.2. The van der Waals surface area contributed by atoms with Crippen molar-refractivity contribution in [1.29, 1.82) is 0 Å². The second-order valence-corrected chi connectivity index (χ2v) is 18.2. The van der Waals surface area contributed by atoms with Gasteiger partial charge in [-0.1, -0.05) is 98.5 Å². The SMILES string of the molecule is c1cc(-c2cccc3c2sc2ccc4ccccc4c23)cc(C2CCC3C(C2)C2CCCC4C5CCCCC5C5CCCC3C5C42)c1. The molecule has 0 bridgehead atoms. The van der Waals surface area contributed by atoms with Crippen molar-refractivity contribution >= 4 is 42.3 Å². The van der Waals surface area contributed by atoms with E-state index in [1.807, 2.05) is 11.3 Å². The maximum atomic E-state index is 2.63. The summed E-state index contributed by atoms with van der Waals surface area (Å²) in [5, 5.41) is 5.59. The molecule has 6 aliphatic carbocycles. The summed E-state index contributed by atoms with van der Waals surface area (Å²) < 4.78 is 2.87. The molecule has 5 aromatic rings. The van der Waals surface area contributed by atoms with Gasteiger partial charge in [0.1, 0.15) is 0 Å². The molecule has 6 aliphatic rings. The zero-order valence-corrected chi connectivity index (χ0v) is 28.8. The second kappa shape index (κ2) is 10.9. The number of benzene rings is 4. The molecule has 240 valence electrons. The average Bonchev–Trinajstić information content (AvgIpc) is 3.54. The van der Waals surface area contributed by atoms with Gasteiger partial charge in [0.2, 0.25) is 0 Å². The molecule has 0 saturated heterocycles. The molecular weight excluding hydrogens is 585 g/mol. The third-order valence-corrected chi connectivity index (χ3v) is 16.9. The van der Waals surface area contributed by atoms with E-state index < -0.39 is 0 Å². The van der Waals surface area contributed by atoms with Crippen molar-refractivity contribution in [1.82, 2.24) is 0 Å². The van der Waals surface area contributed by atoms with Crippen LogP contribution in [0.4, 0.5) is 0 Å². The summed E-state index contributed by atoms with van der Waals surface area (Å²) in [6, 6.07) is 30.6. The predicted molar refractivity (Wildman–Crippen MR) is 200 cm³/mol. The van der Waals surface area contributed by atoms with Gasteiger partial charge in [-0.15, -0.1) is 11.3 Å². The van der Waals surface area contributed by atoms with Gasteiger partial charge in [-0.2, -0.15) is 0 Å². The fourth-order valence-corrected chi connectivity index (χ4v) is 15.5. The van der Waals surface area contributed by atoms with Gasteiger partial charge in [0.15, 0.2) is 0 Å². The highest BCUT2D eigenvalue weighted by Crippen LogP contribution is 2.69. The molecule has 47 heavy (non-hydrogen) atoms. The van der Waals surface area contributed by atoms with E-state index in [2.05, 4.69) is 78.9 Å². The van der Waals surface area contributed by atoms with Crippen molar-refractivity contribution in [3.8, 4) is 11.1 Å². The van der Waals surface area contributed by atoms with Crippen LogP contribution in [0.2, 0.25) is 0 Å². The summed E-state index contributed by atoms with van der Waals surface area (Å²) in [6.45, 7) is 0. The van der Waals surface area contributed by atoms with E-state index in [9.17, 15) is 0 Å². The molecule has 0 radical (unpaired) electrons. The van der Waals surface area contributed by atoms with Gasteiger partial charge >= 0.3 is 0 Å². The maximum Gasteiger partial charge on any atom is 0.0434 e. The quantitative estimate of drug-likeness (QED) is 0.181. The molecular formula is C46H50S. The summed E-state index contributed by atoms with van der Waals surface area (Å²) in [6.07, 6.45) is 20.0. The summed E-state index contributed by atoms with van der Waals surface area (Å²) in [4.78, 5) is 0. The Hall–Kier alpha value is -2.64. The Balaban J connectivity index is 0.942. The molecule has 6 saturated carbocycles. The lowest BCUT2D eigenvalue weighted by Crippen LogP contribution is -2.61. The minimum Gasteiger partial charge on any atom is -0.135 e. The summed E-state index contributed by atoms with van der Waals surface area (Å²) in [5.74, 6) is 11.5. The standard InChI is InChI=1S/C46H50S/c1-2-12-31-27(9-1)22-24-42-43(31)40-20-6-15-32(46(40)47-42)30-11-5-10-28(25-30)29-21-23-35-38-18-7-16-36-33-13-3-4-14-34(33)37-17-8-19-39(41(35)26-29)45(37)44(36)38/h1-2,5-6,9-12,15,20,22,24-25,29,33-39,41,44-45H,3-4,7-8,13-14,16-19,21,23,26H2. The largest absolute Gasteiger partial charge is 0.135 e. The van der Waals surface area contributed by atoms with Crippen molar-refractivity contribution in [3.63, 3.8) is 0 Å².